The van der Waals surface area contributed by atoms with Crippen molar-refractivity contribution >= 4 is 17.3 Å². The summed E-state index contributed by atoms with van der Waals surface area (Å²) >= 11 is 5.76. The molecule has 1 aliphatic rings. The lowest BCUT2D eigenvalue weighted by Gasteiger charge is -2.14. The summed E-state index contributed by atoms with van der Waals surface area (Å²) in [6.07, 6.45) is -2.56. The molecule has 1 aliphatic carbocycles. The van der Waals surface area contributed by atoms with Gasteiger partial charge in [0.1, 0.15) is 5.69 Å². The maximum Gasteiger partial charge on any atom is 0.435 e. The number of hydrogen-bond donors (Lipinski definition) is 0. The molecule has 1 aromatic heterocycles. The Morgan fingerprint density at radius 1 is 1.26 bits per heavy atom. The molecule has 0 spiro atoms. The Morgan fingerprint density at radius 2 is 1.96 bits per heavy atom. The van der Waals surface area contributed by atoms with Crippen LogP contribution in [-0.2, 0) is 19.0 Å². The van der Waals surface area contributed by atoms with Gasteiger partial charge in [-0.15, -0.1) is 0 Å². The van der Waals surface area contributed by atoms with E-state index in [1.165, 1.54) is 12.1 Å². The van der Waals surface area contributed by atoms with Crippen molar-refractivity contribution < 1.29 is 18.1 Å². The van der Waals surface area contributed by atoms with Crippen molar-refractivity contribution in [2.24, 2.45) is 0 Å². The third kappa shape index (κ3) is 2.78. The van der Waals surface area contributed by atoms with Gasteiger partial charge in [0, 0.05) is 22.3 Å². The van der Waals surface area contributed by atoms with E-state index >= 15 is 0 Å². The summed E-state index contributed by atoms with van der Waals surface area (Å²) in [7, 11) is 0. The second-order valence-corrected chi connectivity index (χ2v) is 5.72. The van der Waals surface area contributed by atoms with Crippen LogP contribution in [0, 0.1) is 10.1 Å². The minimum Gasteiger partial charge on any atom is -0.258 e. The van der Waals surface area contributed by atoms with E-state index in [2.05, 4.69) is 5.10 Å². The molecule has 0 saturated heterocycles. The molecule has 0 fully saturated rings. The predicted octanol–water partition coefficient (Wildman–Crippen LogP) is 4.33. The highest BCUT2D eigenvalue weighted by Crippen LogP contribution is 2.38. The SMILES string of the molecule is O=[N+]([O-])c1cc(Cl)ccc1-n1nc(C(F)(F)F)c2c1CCCC2. The smallest absolute Gasteiger partial charge is 0.258 e. The molecule has 9 heteroatoms. The van der Waals surface area contributed by atoms with Crippen molar-refractivity contribution in [2.75, 3.05) is 0 Å². The first-order chi connectivity index (χ1) is 10.8. The Hall–Kier alpha value is -2.09. The minimum absolute atomic E-state index is 0.00644. The number of rotatable bonds is 2. The van der Waals surface area contributed by atoms with Crippen LogP contribution in [0.15, 0.2) is 18.2 Å². The summed E-state index contributed by atoms with van der Waals surface area (Å²) in [6, 6.07) is 3.83. The largest absolute Gasteiger partial charge is 0.435 e. The van der Waals surface area contributed by atoms with Crippen molar-refractivity contribution in [3.05, 3.63) is 50.3 Å². The van der Waals surface area contributed by atoms with Crippen molar-refractivity contribution in [2.45, 2.75) is 31.9 Å². The molecule has 1 aromatic carbocycles. The number of nitrogens with zero attached hydrogens (tertiary/aromatic N) is 3. The van der Waals surface area contributed by atoms with E-state index < -0.39 is 16.8 Å². The zero-order chi connectivity index (χ0) is 16.8. The summed E-state index contributed by atoms with van der Waals surface area (Å²) in [5, 5.41) is 15.0. The quantitative estimate of drug-likeness (QED) is 0.601. The first-order valence-corrected chi connectivity index (χ1v) is 7.29. The molecule has 0 unspecified atom stereocenters. The van der Waals surface area contributed by atoms with Gasteiger partial charge in [-0.3, -0.25) is 10.1 Å². The summed E-state index contributed by atoms with van der Waals surface area (Å²) in [5.74, 6) is 0. The zero-order valence-corrected chi connectivity index (χ0v) is 12.5. The number of alkyl halides is 3. The van der Waals surface area contributed by atoms with Crippen LogP contribution in [0.2, 0.25) is 5.02 Å². The summed E-state index contributed by atoms with van der Waals surface area (Å²) < 4.78 is 40.6. The molecule has 122 valence electrons. The van der Waals surface area contributed by atoms with E-state index in [1.54, 1.807) is 0 Å². The van der Waals surface area contributed by atoms with Crippen LogP contribution in [0.4, 0.5) is 18.9 Å². The molecule has 0 saturated carbocycles. The monoisotopic (exact) mass is 345 g/mol. The molecule has 0 radical (unpaired) electrons. The highest BCUT2D eigenvalue weighted by molar-refractivity contribution is 6.30. The van der Waals surface area contributed by atoms with Gasteiger partial charge in [-0.1, -0.05) is 11.6 Å². The van der Waals surface area contributed by atoms with E-state index in [-0.39, 0.29) is 28.4 Å². The van der Waals surface area contributed by atoms with Crippen molar-refractivity contribution in [3.8, 4) is 5.69 Å². The molecule has 0 amide bonds. The lowest BCUT2D eigenvalue weighted by Crippen LogP contribution is -2.11. The number of halogens is 4. The molecule has 0 bridgehead atoms. The molecule has 0 atom stereocenters. The third-order valence-corrected chi connectivity index (χ3v) is 4.05. The number of aromatic nitrogens is 2. The normalized spacial score (nSPS) is 14.6. The van der Waals surface area contributed by atoms with Gasteiger partial charge in [-0.2, -0.15) is 18.3 Å². The maximum absolute atomic E-state index is 13.2. The van der Waals surface area contributed by atoms with E-state index in [0.29, 0.717) is 18.5 Å². The van der Waals surface area contributed by atoms with Crippen molar-refractivity contribution in [1.82, 2.24) is 9.78 Å². The lowest BCUT2D eigenvalue weighted by molar-refractivity contribution is -0.384. The van der Waals surface area contributed by atoms with Crippen LogP contribution in [0.1, 0.15) is 29.8 Å². The first kappa shape index (κ1) is 15.8. The number of hydrogen-bond acceptors (Lipinski definition) is 3. The highest BCUT2D eigenvalue weighted by Gasteiger charge is 2.40. The van der Waals surface area contributed by atoms with Gasteiger partial charge in [0.25, 0.3) is 5.69 Å². The Labute approximate surface area is 133 Å². The summed E-state index contributed by atoms with van der Waals surface area (Å²) in [5.41, 5.74) is -0.825. The van der Waals surface area contributed by atoms with Gasteiger partial charge >= 0.3 is 6.18 Å². The standard InChI is InChI=1S/C14H11ClF3N3O2/c15-8-5-6-11(12(7-8)21(22)23)20-10-4-2-1-3-9(10)13(19-20)14(16,17)18/h5-7H,1-4H2. The Kier molecular flexibility index (Phi) is 3.79. The van der Waals surface area contributed by atoms with E-state index in [9.17, 15) is 23.3 Å². The van der Waals surface area contributed by atoms with Gasteiger partial charge in [0.2, 0.25) is 0 Å². The predicted molar refractivity (Wildman–Crippen MR) is 76.9 cm³/mol. The van der Waals surface area contributed by atoms with Crippen molar-refractivity contribution in [3.63, 3.8) is 0 Å². The average molecular weight is 346 g/mol. The van der Waals surface area contributed by atoms with Gasteiger partial charge in [-0.05, 0) is 37.8 Å². The fourth-order valence-electron chi connectivity index (χ4n) is 2.85. The van der Waals surface area contributed by atoms with Crippen LogP contribution in [0.25, 0.3) is 5.69 Å². The average Bonchev–Trinajstić information content (AvgIpc) is 2.87. The number of nitro groups is 1. The lowest BCUT2D eigenvalue weighted by atomic mass is 9.95. The summed E-state index contributed by atoms with van der Waals surface area (Å²) in [6.45, 7) is 0. The topological polar surface area (TPSA) is 61.0 Å². The second-order valence-electron chi connectivity index (χ2n) is 5.28. The maximum atomic E-state index is 13.2. The molecule has 3 rings (SSSR count). The summed E-state index contributed by atoms with van der Waals surface area (Å²) in [4.78, 5) is 10.5. The molecule has 23 heavy (non-hydrogen) atoms. The fourth-order valence-corrected chi connectivity index (χ4v) is 3.01. The Morgan fingerprint density at radius 3 is 2.61 bits per heavy atom. The molecule has 2 aromatic rings. The molecule has 1 heterocycles. The van der Waals surface area contributed by atoms with Crippen LogP contribution in [0.3, 0.4) is 0 Å². The van der Waals surface area contributed by atoms with Crippen LogP contribution < -0.4 is 0 Å². The molecular formula is C14H11ClF3N3O2. The van der Waals surface area contributed by atoms with Gasteiger partial charge < -0.3 is 0 Å². The Balaban J connectivity index is 2.26. The van der Waals surface area contributed by atoms with Gasteiger partial charge in [-0.25, -0.2) is 4.68 Å². The molecular weight excluding hydrogens is 335 g/mol. The van der Waals surface area contributed by atoms with E-state index in [1.807, 2.05) is 0 Å². The second kappa shape index (κ2) is 5.52. The molecule has 0 N–H and O–H groups in total. The number of benzene rings is 1. The minimum atomic E-state index is -4.59. The van der Waals surface area contributed by atoms with Crippen LogP contribution in [0.5, 0.6) is 0 Å². The van der Waals surface area contributed by atoms with Gasteiger partial charge in [0.05, 0.1) is 4.92 Å². The molecule has 5 nitrogen and oxygen atoms in total. The fraction of sp³-hybridized carbons (Fsp3) is 0.357. The third-order valence-electron chi connectivity index (χ3n) is 3.81. The molecule has 0 aliphatic heterocycles. The van der Waals surface area contributed by atoms with Crippen molar-refractivity contribution in [1.29, 1.82) is 0 Å². The van der Waals surface area contributed by atoms with Crippen LogP contribution in [-0.4, -0.2) is 14.7 Å². The number of nitro benzene ring substituents is 1. The van der Waals surface area contributed by atoms with Gasteiger partial charge in [0.15, 0.2) is 5.69 Å². The van der Waals surface area contributed by atoms with Crippen LogP contribution >= 0.6 is 11.6 Å². The first-order valence-electron chi connectivity index (χ1n) is 6.91. The van der Waals surface area contributed by atoms with E-state index in [0.717, 1.165) is 17.2 Å². The zero-order valence-electron chi connectivity index (χ0n) is 11.7. The van der Waals surface area contributed by atoms with E-state index in [4.69, 9.17) is 11.6 Å². The number of fused-ring (bicyclic) bond motifs is 1. The highest BCUT2D eigenvalue weighted by atomic mass is 35.5. The Bertz CT molecular complexity index is 786.